The Morgan fingerprint density at radius 2 is 1.14 bits per heavy atom. The Hall–Kier alpha value is -4.42. The van der Waals surface area contributed by atoms with E-state index in [1.165, 1.54) is 60.1 Å². The Kier molecular flexibility index (Phi) is 6.52. The fraction of sp³-hybridized carbons (Fsp3) is 0.0556. The van der Waals surface area contributed by atoms with E-state index in [2.05, 4.69) is 116 Å². The molecule has 0 heteroatoms. The van der Waals surface area contributed by atoms with Gasteiger partial charge in [0.1, 0.15) is 0 Å². The Morgan fingerprint density at radius 1 is 0.583 bits per heavy atom. The maximum atomic E-state index is 4.11. The van der Waals surface area contributed by atoms with Crippen LogP contribution in [0.4, 0.5) is 0 Å². The van der Waals surface area contributed by atoms with Crippen LogP contribution in [0, 0.1) is 0 Å². The van der Waals surface area contributed by atoms with Gasteiger partial charge < -0.3 is 0 Å². The van der Waals surface area contributed by atoms with Crippen LogP contribution in [0.25, 0.3) is 60.1 Å². The Labute approximate surface area is 213 Å². The minimum absolute atomic E-state index is 1.08. The highest BCUT2D eigenvalue weighted by atomic mass is 14.2. The molecular weight excluding hydrogens is 432 g/mol. The molecule has 36 heavy (non-hydrogen) atoms. The van der Waals surface area contributed by atoms with Gasteiger partial charge in [-0.2, -0.15) is 0 Å². The molecule has 0 aliphatic carbocycles. The van der Waals surface area contributed by atoms with E-state index >= 15 is 0 Å². The maximum Gasteiger partial charge on any atom is -0.00141 e. The predicted molar refractivity (Wildman–Crippen MR) is 161 cm³/mol. The molecule has 0 saturated heterocycles. The summed E-state index contributed by atoms with van der Waals surface area (Å²) in [6, 6.07) is 37.3. The van der Waals surface area contributed by atoms with E-state index in [0.29, 0.717) is 0 Å². The first-order valence-corrected chi connectivity index (χ1v) is 12.6. The lowest BCUT2D eigenvalue weighted by Crippen LogP contribution is -1.93. The van der Waals surface area contributed by atoms with Crippen molar-refractivity contribution in [2.75, 3.05) is 0 Å². The van der Waals surface area contributed by atoms with E-state index in [0.717, 1.165) is 5.57 Å². The van der Waals surface area contributed by atoms with Gasteiger partial charge in [0.25, 0.3) is 0 Å². The third kappa shape index (κ3) is 3.82. The first-order chi connectivity index (χ1) is 17.8. The van der Waals surface area contributed by atoms with Crippen LogP contribution < -0.4 is 0 Å². The lowest BCUT2D eigenvalue weighted by molar-refractivity contribution is 1.50. The highest BCUT2D eigenvalue weighted by Crippen LogP contribution is 2.44. The minimum atomic E-state index is 1.08. The van der Waals surface area contributed by atoms with Gasteiger partial charge >= 0.3 is 0 Å². The topological polar surface area (TPSA) is 0 Å². The van der Waals surface area contributed by atoms with Crippen LogP contribution in [-0.2, 0) is 0 Å². The van der Waals surface area contributed by atoms with E-state index in [1.54, 1.807) is 0 Å². The first-order valence-electron chi connectivity index (χ1n) is 12.6. The highest BCUT2D eigenvalue weighted by Gasteiger charge is 2.18. The summed E-state index contributed by atoms with van der Waals surface area (Å²) in [6.07, 6.45) is 5.81. The molecule has 0 fully saturated rings. The van der Waals surface area contributed by atoms with Crippen LogP contribution in [0.2, 0.25) is 0 Å². The number of rotatable bonds is 5. The van der Waals surface area contributed by atoms with Crippen molar-refractivity contribution >= 4 is 37.9 Å². The summed E-state index contributed by atoms with van der Waals surface area (Å²) >= 11 is 0. The summed E-state index contributed by atoms with van der Waals surface area (Å²) in [5, 5.41) is 7.68. The van der Waals surface area contributed by atoms with Gasteiger partial charge in [0, 0.05) is 0 Å². The second-order valence-corrected chi connectivity index (χ2v) is 8.63. The molecule has 0 unspecified atom stereocenters. The summed E-state index contributed by atoms with van der Waals surface area (Å²) in [7, 11) is 0. The summed E-state index contributed by atoms with van der Waals surface area (Å²) in [5.74, 6) is 0. The van der Waals surface area contributed by atoms with Gasteiger partial charge in [0.05, 0.1) is 0 Å². The zero-order valence-electron chi connectivity index (χ0n) is 21.0. The second kappa shape index (κ2) is 10.1. The smallest absolute Gasteiger partial charge is 0.00141 e. The fourth-order valence-corrected chi connectivity index (χ4v) is 5.26. The van der Waals surface area contributed by atoms with E-state index in [1.807, 2.05) is 32.1 Å². The zero-order valence-corrected chi connectivity index (χ0v) is 21.0. The molecule has 0 spiro atoms. The SMILES string of the molecule is C=C/C=C(\C=C)c1cc(-c2ccccc2)c2ccc3c(-c4ccccc4)ccc4ccc1c2c43.CC. The van der Waals surface area contributed by atoms with Crippen LogP contribution in [0.15, 0.2) is 135 Å². The molecule has 6 aromatic rings. The summed E-state index contributed by atoms with van der Waals surface area (Å²) in [5.41, 5.74) is 7.21. The predicted octanol–water partition coefficient (Wildman–Crippen LogP) is 10.7. The van der Waals surface area contributed by atoms with Gasteiger partial charge in [0.2, 0.25) is 0 Å². The highest BCUT2D eigenvalue weighted by molar-refractivity contribution is 6.29. The van der Waals surface area contributed by atoms with Gasteiger partial charge in [-0.25, -0.2) is 0 Å². The summed E-state index contributed by atoms with van der Waals surface area (Å²) in [6.45, 7) is 12.0. The number of allylic oxidation sites excluding steroid dienone is 4. The number of benzene rings is 6. The fourth-order valence-electron chi connectivity index (χ4n) is 5.26. The number of hydrogen-bond donors (Lipinski definition) is 0. The standard InChI is InChI=1S/C34H24.C2H6/c1-3-11-23(4-2)31-22-32(25-14-9-6-10-15-25)30-21-20-28-27(24-12-7-5-8-13-24)18-16-26-17-19-29(31)34(30)33(26)28;1-2/h3-22H,1-2H2;1-2H3/b23-11+;. The van der Waals surface area contributed by atoms with Crippen LogP contribution in [0.1, 0.15) is 19.4 Å². The molecule has 0 heterocycles. The van der Waals surface area contributed by atoms with Crippen molar-refractivity contribution in [3.8, 4) is 22.3 Å². The van der Waals surface area contributed by atoms with Gasteiger partial charge in [0.15, 0.2) is 0 Å². The molecule has 0 bridgehead atoms. The van der Waals surface area contributed by atoms with Gasteiger partial charge in [-0.15, -0.1) is 0 Å². The van der Waals surface area contributed by atoms with Gasteiger partial charge in [-0.3, -0.25) is 0 Å². The van der Waals surface area contributed by atoms with Crippen LogP contribution in [-0.4, -0.2) is 0 Å². The molecule has 0 aliphatic heterocycles. The molecule has 0 radical (unpaired) electrons. The van der Waals surface area contributed by atoms with Crippen molar-refractivity contribution in [2.45, 2.75) is 13.8 Å². The molecule has 6 aromatic carbocycles. The van der Waals surface area contributed by atoms with Crippen molar-refractivity contribution in [3.63, 3.8) is 0 Å². The zero-order chi connectivity index (χ0) is 25.1. The quantitative estimate of drug-likeness (QED) is 0.176. The summed E-state index contributed by atoms with van der Waals surface area (Å²) < 4.78 is 0. The van der Waals surface area contributed by atoms with Crippen LogP contribution in [0.3, 0.4) is 0 Å². The molecular formula is C36H30. The van der Waals surface area contributed by atoms with Gasteiger partial charge in [-0.1, -0.05) is 142 Å². The molecule has 0 amide bonds. The average Bonchev–Trinajstić information content (AvgIpc) is 2.96. The number of hydrogen-bond acceptors (Lipinski definition) is 0. The average molecular weight is 463 g/mol. The maximum absolute atomic E-state index is 4.11. The molecule has 0 saturated carbocycles. The van der Waals surface area contributed by atoms with Crippen molar-refractivity contribution in [1.29, 1.82) is 0 Å². The van der Waals surface area contributed by atoms with Crippen molar-refractivity contribution in [2.24, 2.45) is 0 Å². The molecule has 0 aromatic heterocycles. The van der Waals surface area contributed by atoms with Crippen molar-refractivity contribution < 1.29 is 0 Å². The second-order valence-electron chi connectivity index (χ2n) is 8.63. The van der Waals surface area contributed by atoms with E-state index in [4.69, 9.17) is 0 Å². The Bertz CT molecular complexity index is 1700. The molecule has 0 nitrogen and oxygen atoms in total. The minimum Gasteiger partial charge on any atom is -0.0990 e. The largest absolute Gasteiger partial charge is 0.0990 e. The Balaban J connectivity index is 0.00000130. The monoisotopic (exact) mass is 462 g/mol. The van der Waals surface area contributed by atoms with E-state index in [-0.39, 0.29) is 0 Å². The van der Waals surface area contributed by atoms with E-state index < -0.39 is 0 Å². The third-order valence-corrected chi connectivity index (χ3v) is 6.78. The van der Waals surface area contributed by atoms with Crippen molar-refractivity contribution in [3.05, 3.63) is 140 Å². The Morgan fingerprint density at radius 3 is 1.75 bits per heavy atom. The lowest BCUT2D eigenvalue weighted by atomic mass is 9.84. The normalized spacial score (nSPS) is 11.4. The lowest BCUT2D eigenvalue weighted by Gasteiger charge is -2.19. The first kappa shape index (κ1) is 23.3. The van der Waals surface area contributed by atoms with Gasteiger partial charge in [-0.05, 0) is 71.8 Å². The molecule has 0 N–H and O–H groups in total. The summed E-state index contributed by atoms with van der Waals surface area (Å²) in [4.78, 5) is 0. The molecule has 174 valence electrons. The van der Waals surface area contributed by atoms with Crippen LogP contribution in [0.5, 0.6) is 0 Å². The van der Waals surface area contributed by atoms with E-state index in [9.17, 15) is 0 Å². The molecule has 6 rings (SSSR count). The van der Waals surface area contributed by atoms with Crippen molar-refractivity contribution in [1.82, 2.24) is 0 Å². The van der Waals surface area contributed by atoms with Crippen LogP contribution >= 0.6 is 0 Å². The third-order valence-electron chi connectivity index (χ3n) is 6.78. The molecule has 0 atom stereocenters. The molecule has 0 aliphatic rings.